The van der Waals surface area contributed by atoms with Gasteiger partial charge in [-0.25, -0.2) is 0 Å². The Balaban J connectivity index is 2.87. The third-order valence-corrected chi connectivity index (χ3v) is 3.77. The highest BCUT2D eigenvalue weighted by Gasteiger charge is 2.01. The number of halogens is 2. The van der Waals surface area contributed by atoms with Gasteiger partial charge in [0, 0.05) is 33.1 Å². The Kier molecular flexibility index (Phi) is 2.00. The summed E-state index contributed by atoms with van der Waals surface area (Å²) in [7, 11) is 2.04. The second kappa shape index (κ2) is 2.89. The molecule has 0 N–H and O–H groups in total. The smallest absolute Gasteiger partial charge is 0.0489 e. The summed E-state index contributed by atoms with van der Waals surface area (Å²) in [6.45, 7) is 0. The average Bonchev–Trinajstić information content (AvgIpc) is 2.35. The van der Waals surface area contributed by atoms with Crippen molar-refractivity contribution in [1.29, 1.82) is 0 Å². The van der Waals surface area contributed by atoms with Gasteiger partial charge in [-0.15, -0.1) is 0 Å². The van der Waals surface area contributed by atoms with Crippen LogP contribution < -0.4 is 0 Å². The minimum atomic E-state index is 1.09. The van der Waals surface area contributed by atoms with E-state index in [4.69, 9.17) is 0 Å². The van der Waals surface area contributed by atoms with Gasteiger partial charge >= 0.3 is 0 Å². The Labute approximate surface area is 87.6 Å². The lowest BCUT2D eigenvalue weighted by Gasteiger charge is -1.99. The number of benzene rings is 1. The molecule has 62 valence electrons. The lowest BCUT2D eigenvalue weighted by Crippen LogP contribution is -1.83. The molecule has 1 heterocycles. The van der Waals surface area contributed by atoms with Gasteiger partial charge in [0.2, 0.25) is 0 Å². The topological polar surface area (TPSA) is 4.93 Å². The van der Waals surface area contributed by atoms with Gasteiger partial charge in [-0.05, 0) is 50.1 Å². The van der Waals surface area contributed by atoms with E-state index in [2.05, 4.69) is 60.8 Å². The highest BCUT2D eigenvalue weighted by molar-refractivity contribution is 9.13. The summed E-state index contributed by atoms with van der Waals surface area (Å²) in [5.74, 6) is 0. The number of aromatic nitrogens is 1. The molecule has 1 aromatic carbocycles. The first-order valence-corrected chi connectivity index (χ1v) is 5.17. The maximum absolute atomic E-state index is 3.47. The molecule has 2 aromatic rings. The number of rotatable bonds is 0. The zero-order chi connectivity index (χ0) is 8.72. The Hall–Kier alpha value is -0.280. The Morgan fingerprint density at radius 2 is 1.83 bits per heavy atom. The van der Waals surface area contributed by atoms with Crippen LogP contribution in [-0.2, 0) is 7.05 Å². The fourth-order valence-corrected chi connectivity index (χ4v) is 1.96. The lowest BCUT2D eigenvalue weighted by molar-refractivity contribution is 0.969. The molecule has 0 amide bonds. The summed E-state index contributed by atoms with van der Waals surface area (Å²) in [6.07, 6.45) is 2.06. The van der Waals surface area contributed by atoms with Gasteiger partial charge in [0.05, 0.1) is 0 Å². The lowest BCUT2D eigenvalue weighted by atomic mass is 10.2. The number of hydrogen-bond donors (Lipinski definition) is 0. The second-order valence-corrected chi connectivity index (χ2v) is 4.46. The third kappa shape index (κ3) is 1.21. The van der Waals surface area contributed by atoms with Crippen LogP contribution in [0.15, 0.2) is 33.3 Å². The molecule has 12 heavy (non-hydrogen) atoms. The maximum Gasteiger partial charge on any atom is 0.0489 e. The van der Waals surface area contributed by atoms with Crippen LogP contribution in [0.5, 0.6) is 0 Å². The van der Waals surface area contributed by atoms with Crippen LogP contribution in [0.3, 0.4) is 0 Å². The molecular formula is C9H7Br2N. The van der Waals surface area contributed by atoms with Crippen molar-refractivity contribution in [3.05, 3.63) is 33.3 Å². The van der Waals surface area contributed by atoms with Gasteiger partial charge in [-0.3, -0.25) is 0 Å². The zero-order valence-electron chi connectivity index (χ0n) is 6.51. The molecule has 0 unspecified atom stereocenters. The summed E-state index contributed by atoms with van der Waals surface area (Å²) >= 11 is 6.94. The van der Waals surface area contributed by atoms with E-state index in [0.29, 0.717) is 0 Å². The summed E-state index contributed by atoms with van der Waals surface area (Å²) < 4.78 is 4.30. The first kappa shape index (κ1) is 8.32. The van der Waals surface area contributed by atoms with Crippen LogP contribution in [0.1, 0.15) is 0 Å². The van der Waals surface area contributed by atoms with E-state index < -0.39 is 0 Å². The maximum atomic E-state index is 3.47. The number of fused-ring (bicyclic) bond motifs is 1. The van der Waals surface area contributed by atoms with Crippen LogP contribution in [0.2, 0.25) is 0 Å². The van der Waals surface area contributed by atoms with Crippen molar-refractivity contribution in [3.8, 4) is 0 Å². The fourth-order valence-electron chi connectivity index (χ4n) is 1.26. The molecule has 3 heteroatoms. The highest BCUT2D eigenvalue weighted by atomic mass is 79.9. The van der Waals surface area contributed by atoms with Gasteiger partial charge in [0.25, 0.3) is 0 Å². The SMILES string of the molecule is Cn1ccc2cc(Br)c(Br)cc21. The zero-order valence-corrected chi connectivity index (χ0v) is 9.68. The Morgan fingerprint density at radius 3 is 2.58 bits per heavy atom. The fraction of sp³-hybridized carbons (Fsp3) is 0.111. The van der Waals surface area contributed by atoms with E-state index in [1.807, 2.05) is 7.05 Å². The predicted octanol–water partition coefficient (Wildman–Crippen LogP) is 3.70. The van der Waals surface area contributed by atoms with E-state index >= 15 is 0 Å². The van der Waals surface area contributed by atoms with Crippen molar-refractivity contribution in [2.24, 2.45) is 7.05 Å². The van der Waals surface area contributed by atoms with Crippen LogP contribution in [0, 0.1) is 0 Å². The molecule has 1 aromatic heterocycles. The number of hydrogen-bond acceptors (Lipinski definition) is 0. The van der Waals surface area contributed by atoms with Gasteiger partial charge in [0.15, 0.2) is 0 Å². The van der Waals surface area contributed by atoms with Crippen molar-refractivity contribution in [3.63, 3.8) is 0 Å². The van der Waals surface area contributed by atoms with E-state index in [-0.39, 0.29) is 0 Å². The first-order chi connectivity index (χ1) is 5.68. The summed E-state index contributed by atoms with van der Waals surface area (Å²) in [6, 6.07) is 6.32. The summed E-state index contributed by atoms with van der Waals surface area (Å²) in [4.78, 5) is 0. The molecule has 0 atom stereocenters. The molecule has 0 aliphatic carbocycles. The van der Waals surface area contributed by atoms with E-state index in [1.54, 1.807) is 0 Å². The van der Waals surface area contributed by atoms with Crippen LogP contribution in [-0.4, -0.2) is 4.57 Å². The minimum absolute atomic E-state index is 1.09. The average molecular weight is 289 g/mol. The molecular weight excluding hydrogens is 282 g/mol. The number of aryl methyl sites for hydroxylation is 1. The molecule has 0 saturated heterocycles. The molecule has 0 fully saturated rings. The Bertz CT molecular complexity index is 431. The van der Waals surface area contributed by atoms with Crippen LogP contribution in [0.4, 0.5) is 0 Å². The molecule has 0 aliphatic heterocycles. The van der Waals surface area contributed by atoms with Gasteiger partial charge < -0.3 is 4.57 Å². The molecule has 0 spiro atoms. The van der Waals surface area contributed by atoms with Crippen LogP contribution in [0.25, 0.3) is 10.9 Å². The van der Waals surface area contributed by atoms with Crippen LogP contribution >= 0.6 is 31.9 Å². The van der Waals surface area contributed by atoms with Gasteiger partial charge in [-0.1, -0.05) is 0 Å². The quantitative estimate of drug-likeness (QED) is 0.697. The van der Waals surface area contributed by atoms with Crippen molar-refractivity contribution >= 4 is 42.8 Å². The molecule has 0 saturated carbocycles. The normalized spacial score (nSPS) is 10.9. The van der Waals surface area contributed by atoms with Crippen molar-refractivity contribution in [2.45, 2.75) is 0 Å². The monoisotopic (exact) mass is 287 g/mol. The van der Waals surface area contributed by atoms with Gasteiger partial charge in [0.1, 0.15) is 0 Å². The molecule has 0 aliphatic rings. The molecule has 0 radical (unpaired) electrons. The van der Waals surface area contributed by atoms with Crippen molar-refractivity contribution in [2.75, 3.05) is 0 Å². The van der Waals surface area contributed by atoms with E-state index in [0.717, 1.165) is 8.95 Å². The largest absolute Gasteiger partial charge is 0.351 e. The standard InChI is InChI=1S/C9H7Br2N/c1-12-3-2-6-4-7(10)8(11)5-9(6)12/h2-5H,1H3. The molecule has 0 bridgehead atoms. The predicted molar refractivity (Wildman–Crippen MR) is 58.3 cm³/mol. The van der Waals surface area contributed by atoms with Crippen molar-refractivity contribution in [1.82, 2.24) is 4.57 Å². The highest BCUT2D eigenvalue weighted by Crippen LogP contribution is 2.28. The summed E-state index contributed by atoms with van der Waals surface area (Å²) in [5.41, 5.74) is 1.24. The Morgan fingerprint density at radius 1 is 1.17 bits per heavy atom. The number of nitrogens with zero attached hydrogens (tertiary/aromatic N) is 1. The van der Waals surface area contributed by atoms with E-state index in [1.165, 1.54) is 10.9 Å². The molecule has 1 nitrogen and oxygen atoms in total. The van der Waals surface area contributed by atoms with Gasteiger partial charge in [-0.2, -0.15) is 0 Å². The second-order valence-electron chi connectivity index (χ2n) is 2.75. The third-order valence-electron chi connectivity index (χ3n) is 1.93. The minimum Gasteiger partial charge on any atom is -0.351 e. The molecule has 2 rings (SSSR count). The summed E-state index contributed by atoms with van der Waals surface area (Å²) in [5, 5.41) is 1.26. The van der Waals surface area contributed by atoms with E-state index in [9.17, 15) is 0 Å². The van der Waals surface area contributed by atoms with Crippen molar-refractivity contribution < 1.29 is 0 Å². The first-order valence-electron chi connectivity index (χ1n) is 3.58.